The average Bonchev–Trinajstić information content (AvgIpc) is 2.75. The second kappa shape index (κ2) is 5.03. The van der Waals surface area contributed by atoms with Crippen LogP contribution < -0.4 is 5.32 Å². The fourth-order valence-corrected chi connectivity index (χ4v) is 2.73. The van der Waals surface area contributed by atoms with Gasteiger partial charge in [0.2, 0.25) is 0 Å². The fourth-order valence-electron chi connectivity index (χ4n) is 2.73. The van der Waals surface area contributed by atoms with Crippen LogP contribution in [0.15, 0.2) is 0 Å². The van der Waals surface area contributed by atoms with E-state index in [1.165, 1.54) is 6.42 Å². The third-order valence-corrected chi connectivity index (χ3v) is 4.19. The summed E-state index contributed by atoms with van der Waals surface area (Å²) in [5.41, 5.74) is 0.287. The molecule has 1 saturated carbocycles. The van der Waals surface area contributed by atoms with E-state index in [-0.39, 0.29) is 5.41 Å². The van der Waals surface area contributed by atoms with Crippen LogP contribution in [-0.2, 0) is 9.47 Å². The van der Waals surface area contributed by atoms with Gasteiger partial charge in [-0.05, 0) is 19.4 Å². The first kappa shape index (κ1) is 12.3. The van der Waals surface area contributed by atoms with Crippen molar-refractivity contribution in [3.63, 3.8) is 0 Å². The lowest BCUT2D eigenvalue weighted by Gasteiger charge is -2.52. The minimum Gasteiger partial charge on any atom is -0.381 e. The lowest BCUT2D eigenvalue weighted by molar-refractivity contribution is -0.125. The predicted molar refractivity (Wildman–Crippen MR) is 64.5 cm³/mol. The molecule has 1 aliphatic heterocycles. The highest BCUT2D eigenvalue weighted by atomic mass is 16.5. The van der Waals surface area contributed by atoms with Crippen LogP contribution in [0.5, 0.6) is 0 Å². The summed E-state index contributed by atoms with van der Waals surface area (Å²) in [5, 5.41) is 3.53. The van der Waals surface area contributed by atoms with Crippen LogP contribution in [0.4, 0.5) is 0 Å². The highest BCUT2D eigenvalue weighted by molar-refractivity contribution is 5.02. The Bertz CT molecular complexity index is 224. The Morgan fingerprint density at radius 2 is 2.25 bits per heavy atom. The molecule has 3 nitrogen and oxygen atoms in total. The molecule has 0 bridgehead atoms. The molecule has 94 valence electrons. The molecular formula is C13H25NO2. The van der Waals surface area contributed by atoms with E-state index in [0.29, 0.717) is 18.1 Å². The molecule has 1 saturated heterocycles. The van der Waals surface area contributed by atoms with E-state index < -0.39 is 0 Å². The lowest BCUT2D eigenvalue weighted by atomic mass is 9.64. The van der Waals surface area contributed by atoms with Crippen LogP contribution in [0.25, 0.3) is 0 Å². The quantitative estimate of drug-likeness (QED) is 0.777. The van der Waals surface area contributed by atoms with Gasteiger partial charge in [0, 0.05) is 24.0 Å². The van der Waals surface area contributed by atoms with Gasteiger partial charge in [-0.25, -0.2) is 0 Å². The normalized spacial score (nSPS) is 37.3. The summed E-state index contributed by atoms with van der Waals surface area (Å²) < 4.78 is 11.4. The summed E-state index contributed by atoms with van der Waals surface area (Å²) in [6.07, 6.45) is 2.76. The standard InChI is InChI=1S/C13H25NO2/c1-4-14-11-7-12(13(11,2)3)16-9-10-5-6-15-8-10/h10-12,14H,4-9H2,1-3H3. The van der Waals surface area contributed by atoms with E-state index in [9.17, 15) is 0 Å². The molecule has 2 rings (SSSR count). The first-order valence-electron chi connectivity index (χ1n) is 6.57. The first-order chi connectivity index (χ1) is 7.64. The van der Waals surface area contributed by atoms with Gasteiger partial charge in [-0.1, -0.05) is 20.8 Å². The summed E-state index contributed by atoms with van der Waals surface area (Å²) in [5.74, 6) is 0.633. The number of nitrogens with one attached hydrogen (secondary N) is 1. The molecule has 16 heavy (non-hydrogen) atoms. The van der Waals surface area contributed by atoms with Gasteiger partial charge < -0.3 is 14.8 Å². The molecule has 0 radical (unpaired) electrons. The van der Waals surface area contributed by atoms with E-state index in [2.05, 4.69) is 26.1 Å². The van der Waals surface area contributed by atoms with Crippen molar-refractivity contribution in [2.75, 3.05) is 26.4 Å². The maximum atomic E-state index is 6.03. The van der Waals surface area contributed by atoms with Crippen LogP contribution in [0.1, 0.15) is 33.6 Å². The first-order valence-corrected chi connectivity index (χ1v) is 6.57. The predicted octanol–water partition coefficient (Wildman–Crippen LogP) is 1.82. The van der Waals surface area contributed by atoms with Crippen molar-refractivity contribution in [2.45, 2.75) is 45.8 Å². The Kier molecular flexibility index (Phi) is 3.88. The highest BCUT2D eigenvalue weighted by Gasteiger charge is 2.48. The maximum absolute atomic E-state index is 6.03. The molecule has 1 N–H and O–H groups in total. The zero-order valence-corrected chi connectivity index (χ0v) is 10.8. The van der Waals surface area contributed by atoms with Crippen molar-refractivity contribution in [3.8, 4) is 0 Å². The van der Waals surface area contributed by atoms with Gasteiger partial charge in [0.25, 0.3) is 0 Å². The van der Waals surface area contributed by atoms with Gasteiger partial charge in [-0.15, -0.1) is 0 Å². The van der Waals surface area contributed by atoms with Crippen LogP contribution >= 0.6 is 0 Å². The van der Waals surface area contributed by atoms with Gasteiger partial charge in [-0.2, -0.15) is 0 Å². The molecule has 2 fully saturated rings. The topological polar surface area (TPSA) is 30.5 Å². The van der Waals surface area contributed by atoms with E-state index in [4.69, 9.17) is 9.47 Å². The molecule has 0 amide bonds. The summed E-state index contributed by atoms with van der Waals surface area (Å²) in [7, 11) is 0. The van der Waals surface area contributed by atoms with Crippen LogP contribution in [0.3, 0.4) is 0 Å². The van der Waals surface area contributed by atoms with Crippen molar-refractivity contribution >= 4 is 0 Å². The number of hydrogen-bond acceptors (Lipinski definition) is 3. The van der Waals surface area contributed by atoms with E-state index in [1.54, 1.807) is 0 Å². The smallest absolute Gasteiger partial charge is 0.0656 e. The average molecular weight is 227 g/mol. The molecule has 0 aromatic rings. The number of ether oxygens (including phenoxy) is 2. The second-order valence-corrected chi connectivity index (χ2v) is 5.72. The third-order valence-electron chi connectivity index (χ3n) is 4.19. The van der Waals surface area contributed by atoms with E-state index >= 15 is 0 Å². The Labute approximate surface area is 98.9 Å². The fraction of sp³-hybridized carbons (Fsp3) is 1.00. The largest absolute Gasteiger partial charge is 0.381 e. The van der Waals surface area contributed by atoms with Gasteiger partial charge in [0.1, 0.15) is 0 Å². The zero-order chi connectivity index (χ0) is 11.6. The zero-order valence-electron chi connectivity index (χ0n) is 10.8. The van der Waals surface area contributed by atoms with Crippen molar-refractivity contribution in [3.05, 3.63) is 0 Å². The highest BCUT2D eigenvalue weighted by Crippen LogP contribution is 2.43. The summed E-state index contributed by atoms with van der Waals surface area (Å²) in [4.78, 5) is 0. The van der Waals surface area contributed by atoms with E-state index in [0.717, 1.165) is 32.8 Å². The lowest BCUT2D eigenvalue weighted by Crippen LogP contribution is -2.61. The van der Waals surface area contributed by atoms with Crippen molar-refractivity contribution < 1.29 is 9.47 Å². The molecule has 0 spiro atoms. The monoisotopic (exact) mass is 227 g/mol. The Balaban J connectivity index is 1.71. The van der Waals surface area contributed by atoms with Crippen LogP contribution in [0, 0.1) is 11.3 Å². The van der Waals surface area contributed by atoms with Crippen molar-refractivity contribution in [1.82, 2.24) is 5.32 Å². The van der Waals surface area contributed by atoms with E-state index in [1.807, 2.05) is 0 Å². The molecule has 3 heteroatoms. The SMILES string of the molecule is CCNC1CC(OCC2CCOC2)C1(C)C. The number of rotatable bonds is 5. The Hall–Kier alpha value is -0.120. The molecule has 3 unspecified atom stereocenters. The molecule has 1 heterocycles. The number of hydrogen-bond donors (Lipinski definition) is 1. The minimum atomic E-state index is 0.287. The summed E-state index contributed by atoms with van der Waals surface area (Å²) in [6, 6.07) is 0.627. The van der Waals surface area contributed by atoms with Gasteiger partial charge >= 0.3 is 0 Å². The molecule has 0 aromatic carbocycles. The molecule has 3 atom stereocenters. The van der Waals surface area contributed by atoms with Gasteiger partial charge in [0.15, 0.2) is 0 Å². The molecule has 0 aromatic heterocycles. The van der Waals surface area contributed by atoms with Gasteiger partial charge in [0.05, 0.1) is 19.3 Å². The summed E-state index contributed by atoms with van der Waals surface area (Å²) in [6.45, 7) is 10.5. The third kappa shape index (κ3) is 2.41. The maximum Gasteiger partial charge on any atom is 0.0656 e. The molecule has 1 aliphatic carbocycles. The second-order valence-electron chi connectivity index (χ2n) is 5.72. The Morgan fingerprint density at radius 3 is 2.81 bits per heavy atom. The van der Waals surface area contributed by atoms with Crippen molar-refractivity contribution in [2.24, 2.45) is 11.3 Å². The molecular weight excluding hydrogens is 202 g/mol. The molecule has 2 aliphatic rings. The summed E-state index contributed by atoms with van der Waals surface area (Å²) >= 11 is 0. The van der Waals surface area contributed by atoms with Crippen molar-refractivity contribution in [1.29, 1.82) is 0 Å². The van der Waals surface area contributed by atoms with Gasteiger partial charge in [-0.3, -0.25) is 0 Å². The minimum absolute atomic E-state index is 0.287. The Morgan fingerprint density at radius 1 is 1.44 bits per heavy atom. The van der Waals surface area contributed by atoms with Crippen LogP contribution in [-0.4, -0.2) is 38.5 Å². The van der Waals surface area contributed by atoms with Crippen LogP contribution in [0.2, 0.25) is 0 Å².